The molecule has 0 saturated carbocycles. The molecule has 0 spiro atoms. The summed E-state index contributed by atoms with van der Waals surface area (Å²) in [6.45, 7) is 0. The lowest BCUT2D eigenvalue weighted by Gasteiger charge is -2.07. The predicted octanol–water partition coefficient (Wildman–Crippen LogP) is 2.50. The molecule has 1 aromatic rings. The van der Waals surface area contributed by atoms with Crippen LogP contribution in [0.25, 0.3) is 0 Å². The summed E-state index contributed by atoms with van der Waals surface area (Å²) in [5.74, 6) is -0.356. The van der Waals surface area contributed by atoms with Gasteiger partial charge in [0, 0.05) is 6.04 Å². The summed E-state index contributed by atoms with van der Waals surface area (Å²) in [4.78, 5) is 0. The molecule has 2 nitrogen and oxygen atoms in total. The first-order valence-electron chi connectivity index (χ1n) is 3.72. The number of nitriles is 1. The number of halogens is 2. The van der Waals surface area contributed by atoms with Crippen LogP contribution in [0.4, 0.5) is 4.39 Å². The fourth-order valence-electron chi connectivity index (χ4n) is 0.959. The van der Waals surface area contributed by atoms with E-state index in [0.717, 1.165) is 0 Å². The third-order valence-corrected chi connectivity index (χ3v) is 2.33. The average Bonchev–Trinajstić information content (AvgIpc) is 2.10. The summed E-state index contributed by atoms with van der Waals surface area (Å²) in [5, 5.41) is 8.39. The Hall–Kier alpha value is -0.920. The van der Waals surface area contributed by atoms with Crippen LogP contribution in [0.2, 0.25) is 0 Å². The summed E-state index contributed by atoms with van der Waals surface area (Å²) in [5.41, 5.74) is 6.26. The van der Waals surface area contributed by atoms with Gasteiger partial charge in [0.25, 0.3) is 0 Å². The van der Waals surface area contributed by atoms with Crippen molar-refractivity contribution in [2.75, 3.05) is 0 Å². The molecule has 0 radical (unpaired) electrons. The zero-order valence-electron chi connectivity index (χ0n) is 6.80. The molecule has 68 valence electrons. The average molecular weight is 243 g/mol. The van der Waals surface area contributed by atoms with Gasteiger partial charge in [0.05, 0.1) is 17.0 Å². The van der Waals surface area contributed by atoms with Crippen molar-refractivity contribution in [1.82, 2.24) is 0 Å². The molecule has 0 aliphatic rings. The molecule has 1 atom stereocenters. The molecule has 0 fully saturated rings. The molecule has 2 N–H and O–H groups in total. The lowest BCUT2D eigenvalue weighted by Crippen LogP contribution is -2.09. The minimum absolute atomic E-state index is 0.196. The van der Waals surface area contributed by atoms with E-state index in [9.17, 15) is 4.39 Å². The number of hydrogen-bond donors (Lipinski definition) is 1. The highest BCUT2D eigenvalue weighted by molar-refractivity contribution is 9.10. The molecule has 0 aliphatic carbocycles. The highest BCUT2D eigenvalue weighted by atomic mass is 79.9. The van der Waals surface area contributed by atoms with Gasteiger partial charge in [0.1, 0.15) is 5.82 Å². The number of benzene rings is 1. The number of hydrogen-bond acceptors (Lipinski definition) is 2. The van der Waals surface area contributed by atoms with Crippen molar-refractivity contribution in [3.63, 3.8) is 0 Å². The maximum atomic E-state index is 13.0. The van der Waals surface area contributed by atoms with Crippen LogP contribution < -0.4 is 5.73 Å². The Morgan fingerprint density at radius 3 is 2.85 bits per heavy atom. The van der Waals surface area contributed by atoms with Crippen LogP contribution in [-0.4, -0.2) is 0 Å². The molecule has 1 aromatic carbocycles. The van der Waals surface area contributed by atoms with Crippen molar-refractivity contribution in [2.45, 2.75) is 12.5 Å². The summed E-state index contributed by atoms with van der Waals surface area (Å²) >= 11 is 3.04. The molecule has 0 heterocycles. The van der Waals surface area contributed by atoms with Gasteiger partial charge in [0.2, 0.25) is 0 Å². The van der Waals surface area contributed by atoms with Gasteiger partial charge >= 0.3 is 0 Å². The summed E-state index contributed by atoms with van der Waals surface area (Å²) in [6.07, 6.45) is 0.196. The summed E-state index contributed by atoms with van der Waals surface area (Å²) in [7, 11) is 0. The lowest BCUT2D eigenvalue weighted by atomic mass is 10.1. The third-order valence-electron chi connectivity index (χ3n) is 1.68. The molecular formula is C9H8BrFN2. The van der Waals surface area contributed by atoms with E-state index in [-0.39, 0.29) is 12.2 Å². The van der Waals surface area contributed by atoms with E-state index in [0.29, 0.717) is 10.0 Å². The predicted molar refractivity (Wildman–Crippen MR) is 51.3 cm³/mol. The van der Waals surface area contributed by atoms with Gasteiger partial charge in [-0.05, 0) is 33.6 Å². The van der Waals surface area contributed by atoms with Crippen LogP contribution in [0.3, 0.4) is 0 Å². The van der Waals surface area contributed by atoms with E-state index < -0.39 is 6.04 Å². The Kier molecular flexibility index (Phi) is 3.40. The first-order valence-corrected chi connectivity index (χ1v) is 4.52. The molecule has 0 bridgehead atoms. The second-order valence-electron chi connectivity index (χ2n) is 2.64. The fourth-order valence-corrected chi connectivity index (χ4v) is 1.21. The minimum atomic E-state index is -0.410. The Morgan fingerprint density at radius 2 is 2.31 bits per heavy atom. The molecule has 0 unspecified atom stereocenters. The highest BCUT2D eigenvalue weighted by Gasteiger charge is 2.07. The van der Waals surface area contributed by atoms with Gasteiger partial charge in [-0.3, -0.25) is 0 Å². The molecule has 4 heteroatoms. The molecule has 13 heavy (non-hydrogen) atoms. The zero-order valence-corrected chi connectivity index (χ0v) is 8.38. The maximum absolute atomic E-state index is 13.0. The molecule has 1 rings (SSSR count). The Labute approximate surface area is 84.3 Å². The quantitative estimate of drug-likeness (QED) is 0.867. The van der Waals surface area contributed by atoms with Crippen LogP contribution in [0, 0.1) is 17.1 Å². The fraction of sp³-hybridized carbons (Fsp3) is 0.222. The van der Waals surface area contributed by atoms with Crippen LogP contribution in [-0.2, 0) is 0 Å². The van der Waals surface area contributed by atoms with Crippen molar-refractivity contribution in [1.29, 1.82) is 5.26 Å². The smallest absolute Gasteiger partial charge is 0.137 e. The Balaban J connectivity index is 2.91. The van der Waals surface area contributed by atoms with E-state index in [1.165, 1.54) is 6.07 Å². The maximum Gasteiger partial charge on any atom is 0.137 e. The van der Waals surface area contributed by atoms with Crippen molar-refractivity contribution in [3.8, 4) is 6.07 Å². The van der Waals surface area contributed by atoms with Gasteiger partial charge in [-0.15, -0.1) is 0 Å². The molecule has 0 saturated heterocycles. The first kappa shape index (κ1) is 10.2. The third kappa shape index (κ3) is 2.51. The zero-order chi connectivity index (χ0) is 9.84. The lowest BCUT2D eigenvalue weighted by molar-refractivity contribution is 0.613. The van der Waals surface area contributed by atoms with Gasteiger partial charge in [-0.1, -0.05) is 6.07 Å². The van der Waals surface area contributed by atoms with E-state index in [2.05, 4.69) is 15.9 Å². The highest BCUT2D eigenvalue weighted by Crippen LogP contribution is 2.20. The normalized spacial score (nSPS) is 12.2. The first-order chi connectivity index (χ1) is 6.15. The summed E-state index contributed by atoms with van der Waals surface area (Å²) in [6, 6.07) is 6.16. The van der Waals surface area contributed by atoms with Crippen LogP contribution in [0.5, 0.6) is 0 Å². The van der Waals surface area contributed by atoms with E-state index >= 15 is 0 Å². The standard InChI is InChI=1S/C9H8BrFN2/c10-7-2-1-6(5-8(7)11)9(13)3-4-12/h1-2,5,9H,3,13H2/t9-/m0/s1. The topological polar surface area (TPSA) is 49.8 Å². The number of nitrogens with zero attached hydrogens (tertiary/aromatic N) is 1. The van der Waals surface area contributed by atoms with E-state index in [1.807, 2.05) is 6.07 Å². The van der Waals surface area contributed by atoms with Crippen molar-refractivity contribution in [2.24, 2.45) is 5.73 Å². The van der Waals surface area contributed by atoms with Crippen molar-refractivity contribution in [3.05, 3.63) is 34.1 Å². The van der Waals surface area contributed by atoms with Crippen LogP contribution >= 0.6 is 15.9 Å². The van der Waals surface area contributed by atoms with Crippen molar-refractivity contribution < 1.29 is 4.39 Å². The number of rotatable bonds is 2. The van der Waals surface area contributed by atoms with E-state index in [1.54, 1.807) is 12.1 Å². The Bertz CT molecular complexity index is 346. The SMILES string of the molecule is N#CC[C@H](N)c1ccc(Br)c(F)c1. The monoisotopic (exact) mass is 242 g/mol. The van der Waals surface area contributed by atoms with Gasteiger partial charge in [0.15, 0.2) is 0 Å². The molecule has 0 amide bonds. The van der Waals surface area contributed by atoms with Gasteiger partial charge < -0.3 is 5.73 Å². The van der Waals surface area contributed by atoms with Crippen molar-refractivity contribution >= 4 is 15.9 Å². The minimum Gasteiger partial charge on any atom is -0.323 e. The Morgan fingerprint density at radius 1 is 1.62 bits per heavy atom. The summed E-state index contributed by atoms with van der Waals surface area (Å²) < 4.78 is 13.4. The van der Waals surface area contributed by atoms with Crippen LogP contribution in [0.1, 0.15) is 18.0 Å². The molecule has 0 aromatic heterocycles. The number of nitrogens with two attached hydrogens (primary N) is 1. The largest absolute Gasteiger partial charge is 0.323 e. The van der Waals surface area contributed by atoms with Gasteiger partial charge in [-0.25, -0.2) is 4.39 Å². The van der Waals surface area contributed by atoms with E-state index in [4.69, 9.17) is 11.0 Å². The van der Waals surface area contributed by atoms with Gasteiger partial charge in [-0.2, -0.15) is 5.26 Å². The molecule has 0 aliphatic heterocycles. The second kappa shape index (κ2) is 4.35. The molecular weight excluding hydrogens is 235 g/mol. The second-order valence-corrected chi connectivity index (χ2v) is 3.50. The van der Waals surface area contributed by atoms with Crippen LogP contribution in [0.15, 0.2) is 22.7 Å².